The Morgan fingerprint density at radius 2 is 1.57 bits per heavy atom. The van der Waals surface area contributed by atoms with Crippen LogP contribution < -0.4 is 10.6 Å². The molecule has 4 N–H and O–H groups in total. The number of nitrogens with one attached hydrogen (secondary N) is 2. The first-order valence-corrected chi connectivity index (χ1v) is 12.2. The van der Waals surface area contributed by atoms with Crippen LogP contribution in [0.25, 0.3) is 11.1 Å². The lowest BCUT2D eigenvalue weighted by atomic mass is 9.93. The molecular weight excluding hydrogens is 448 g/mol. The van der Waals surface area contributed by atoms with Gasteiger partial charge in [0.25, 0.3) is 0 Å². The Morgan fingerprint density at radius 3 is 2.20 bits per heavy atom. The molecule has 35 heavy (non-hydrogen) atoms. The maximum absolute atomic E-state index is 12.9. The first-order chi connectivity index (χ1) is 17.0. The Hall–Kier alpha value is -3.39. The molecule has 4 rings (SSSR count). The van der Waals surface area contributed by atoms with E-state index in [9.17, 15) is 19.5 Å². The van der Waals surface area contributed by atoms with Crippen LogP contribution in [0.2, 0.25) is 0 Å². The van der Waals surface area contributed by atoms with Crippen LogP contribution in [0, 0.1) is 5.92 Å². The van der Waals surface area contributed by atoms with Gasteiger partial charge in [0.15, 0.2) is 0 Å². The summed E-state index contributed by atoms with van der Waals surface area (Å²) < 4.78 is 5.66. The normalized spacial score (nSPS) is 20.1. The number of aliphatic carboxylic acids is 1. The first-order valence-electron chi connectivity index (χ1n) is 12.2. The number of carbonyl (C=O) groups is 3. The highest BCUT2D eigenvalue weighted by atomic mass is 16.5. The molecule has 186 valence electrons. The number of aliphatic hydroxyl groups is 1. The van der Waals surface area contributed by atoms with E-state index in [1.54, 1.807) is 0 Å². The molecule has 8 heteroatoms. The van der Waals surface area contributed by atoms with Gasteiger partial charge in [0, 0.05) is 25.0 Å². The maximum atomic E-state index is 12.9. The van der Waals surface area contributed by atoms with Gasteiger partial charge in [0.1, 0.15) is 12.6 Å². The second-order valence-electron chi connectivity index (χ2n) is 9.23. The topological polar surface area (TPSA) is 125 Å². The molecule has 2 aromatic rings. The summed E-state index contributed by atoms with van der Waals surface area (Å²) in [5.74, 6) is -2.23. The van der Waals surface area contributed by atoms with Crippen molar-refractivity contribution in [2.24, 2.45) is 5.92 Å². The minimum absolute atomic E-state index is 0.0591. The molecule has 0 spiro atoms. The molecule has 0 unspecified atom stereocenters. The van der Waals surface area contributed by atoms with E-state index in [0.29, 0.717) is 12.8 Å². The molecule has 2 aromatic carbocycles. The number of hydrogen-bond donors (Lipinski definition) is 4. The number of hydrogen-bond acceptors (Lipinski definition) is 5. The van der Waals surface area contributed by atoms with Crippen molar-refractivity contribution >= 4 is 18.0 Å². The van der Waals surface area contributed by atoms with Crippen LogP contribution in [0.4, 0.5) is 4.79 Å². The van der Waals surface area contributed by atoms with Gasteiger partial charge in [-0.25, -0.2) is 9.59 Å². The number of carboxylic acids is 1. The number of alkyl carbamates (subject to hydrolysis) is 1. The standard InChI is InChI=1S/C27H32N2O6/c30-15-14-24(26(32)33)28-25(31)21-12-2-1-3-13-23(21)29-27(34)35-16-22-19-10-6-4-8-17(19)18-9-5-7-11-20(18)22/h4-11,21-24,30H,1-3,12-16H2,(H,28,31)(H,29,34)(H,32,33)/t21-,23+,24+/m1/s1. The number of amides is 2. The lowest BCUT2D eigenvalue weighted by Gasteiger charge is -2.27. The molecule has 0 heterocycles. The van der Waals surface area contributed by atoms with Crippen LogP contribution in [0.3, 0.4) is 0 Å². The number of ether oxygens (including phenoxy) is 1. The highest BCUT2D eigenvalue weighted by Gasteiger charge is 2.34. The summed E-state index contributed by atoms with van der Waals surface area (Å²) in [5.41, 5.74) is 4.54. The minimum Gasteiger partial charge on any atom is -0.480 e. The molecule has 2 aliphatic carbocycles. The van der Waals surface area contributed by atoms with E-state index >= 15 is 0 Å². The van der Waals surface area contributed by atoms with E-state index in [-0.39, 0.29) is 25.6 Å². The first kappa shape index (κ1) is 24.7. The second kappa shape index (κ2) is 11.4. The van der Waals surface area contributed by atoms with Crippen LogP contribution in [0.5, 0.6) is 0 Å². The van der Waals surface area contributed by atoms with Gasteiger partial charge in [-0.05, 0) is 35.1 Å². The van der Waals surface area contributed by atoms with Crippen molar-refractivity contribution in [3.8, 4) is 11.1 Å². The molecule has 3 atom stereocenters. The number of rotatable bonds is 8. The van der Waals surface area contributed by atoms with Crippen LogP contribution >= 0.6 is 0 Å². The van der Waals surface area contributed by atoms with Crippen molar-refractivity contribution in [2.45, 2.75) is 56.5 Å². The molecule has 0 aromatic heterocycles. The Labute approximate surface area is 204 Å². The van der Waals surface area contributed by atoms with Gasteiger partial charge in [-0.3, -0.25) is 4.79 Å². The summed E-state index contributed by atoms with van der Waals surface area (Å²) >= 11 is 0. The van der Waals surface area contributed by atoms with Gasteiger partial charge < -0.3 is 25.6 Å². The third-order valence-corrected chi connectivity index (χ3v) is 7.03. The van der Waals surface area contributed by atoms with E-state index in [2.05, 4.69) is 34.9 Å². The zero-order valence-corrected chi connectivity index (χ0v) is 19.6. The zero-order chi connectivity index (χ0) is 24.8. The predicted molar refractivity (Wildman–Crippen MR) is 130 cm³/mol. The third kappa shape index (κ3) is 5.65. The summed E-state index contributed by atoms with van der Waals surface area (Å²) in [5, 5.41) is 23.8. The summed E-state index contributed by atoms with van der Waals surface area (Å²) in [4.78, 5) is 37.1. The summed E-state index contributed by atoms with van der Waals surface area (Å²) in [6.45, 7) is -0.162. The average molecular weight is 481 g/mol. The van der Waals surface area contributed by atoms with Crippen molar-refractivity contribution in [1.29, 1.82) is 0 Å². The minimum atomic E-state index is -1.19. The molecule has 0 aliphatic heterocycles. The molecule has 0 saturated heterocycles. The Balaban J connectivity index is 1.41. The molecule has 0 radical (unpaired) electrons. The fourth-order valence-electron chi connectivity index (χ4n) is 5.25. The molecule has 1 saturated carbocycles. The molecule has 2 amide bonds. The monoisotopic (exact) mass is 480 g/mol. The van der Waals surface area contributed by atoms with Crippen LogP contribution in [-0.4, -0.2) is 53.5 Å². The summed E-state index contributed by atoms with van der Waals surface area (Å²) in [6.07, 6.45) is 3.12. The Kier molecular flexibility index (Phi) is 8.02. The van der Waals surface area contributed by atoms with E-state index in [1.165, 1.54) is 0 Å². The number of fused-ring (bicyclic) bond motifs is 3. The fraction of sp³-hybridized carbons (Fsp3) is 0.444. The number of carbonyl (C=O) groups excluding carboxylic acids is 2. The zero-order valence-electron chi connectivity index (χ0n) is 19.6. The Bertz CT molecular complexity index is 1030. The molecule has 8 nitrogen and oxygen atoms in total. The highest BCUT2D eigenvalue weighted by Crippen LogP contribution is 2.44. The maximum Gasteiger partial charge on any atom is 0.407 e. The van der Waals surface area contributed by atoms with Gasteiger partial charge in [-0.2, -0.15) is 0 Å². The highest BCUT2D eigenvalue weighted by molar-refractivity contribution is 5.86. The third-order valence-electron chi connectivity index (χ3n) is 7.03. The van der Waals surface area contributed by atoms with Gasteiger partial charge >= 0.3 is 12.1 Å². The molecular formula is C27H32N2O6. The lowest BCUT2D eigenvalue weighted by molar-refractivity contribution is -0.143. The van der Waals surface area contributed by atoms with E-state index in [4.69, 9.17) is 9.84 Å². The van der Waals surface area contributed by atoms with Gasteiger partial charge in [0.2, 0.25) is 5.91 Å². The summed E-state index contributed by atoms with van der Waals surface area (Å²) in [6, 6.07) is 14.6. The van der Waals surface area contributed by atoms with Gasteiger partial charge in [-0.15, -0.1) is 0 Å². The van der Waals surface area contributed by atoms with Gasteiger partial charge in [0.05, 0.1) is 5.92 Å². The van der Waals surface area contributed by atoms with Crippen LogP contribution in [-0.2, 0) is 14.3 Å². The van der Waals surface area contributed by atoms with Crippen molar-refractivity contribution < 1.29 is 29.3 Å². The van der Waals surface area contributed by atoms with Crippen molar-refractivity contribution in [3.63, 3.8) is 0 Å². The van der Waals surface area contributed by atoms with E-state index in [1.807, 2.05) is 24.3 Å². The van der Waals surface area contributed by atoms with Crippen molar-refractivity contribution in [1.82, 2.24) is 10.6 Å². The number of benzene rings is 2. The predicted octanol–water partition coefficient (Wildman–Crippen LogP) is 3.43. The smallest absolute Gasteiger partial charge is 0.407 e. The summed E-state index contributed by atoms with van der Waals surface area (Å²) in [7, 11) is 0. The van der Waals surface area contributed by atoms with Gasteiger partial charge in [-0.1, -0.05) is 67.8 Å². The average Bonchev–Trinajstić information content (AvgIpc) is 2.98. The largest absolute Gasteiger partial charge is 0.480 e. The van der Waals surface area contributed by atoms with Crippen LogP contribution in [0.15, 0.2) is 48.5 Å². The number of aliphatic hydroxyl groups excluding tert-OH is 1. The lowest BCUT2D eigenvalue weighted by Crippen LogP contribution is -2.50. The van der Waals surface area contributed by atoms with Crippen molar-refractivity contribution in [2.75, 3.05) is 13.2 Å². The van der Waals surface area contributed by atoms with E-state index < -0.39 is 36.0 Å². The molecule has 0 bridgehead atoms. The van der Waals surface area contributed by atoms with E-state index in [0.717, 1.165) is 41.5 Å². The fourth-order valence-corrected chi connectivity index (χ4v) is 5.25. The van der Waals surface area contributed by atoms with Crippen molar-refractivity contribution in [3.05, 3.63) is 59.7 Å². The quantitative estimate of drug-likeness (QED) is 0.429. The Morgan fingerprint density at radius 1 is 0.943 bits per heavy atom. The molecule has 1 fully saturated rings. The number of carboxylic acid groups (broad SMARTS) is 1. The second-order valence-corrected chi connectivity index (χ2v) is 9.23. The molecule has 2 aliphatic rings. The van der Waals surface area contributed by atoms with Crippen LogP contribution in [0.1, 0.15) is 55.6 Å². The SMILES string of the molecule is O=C(N[C@H]1CCCCC[C@H]1C(=O)N[C@@H](CCO)C(=O)O)OCC1c2ccccc2-c2ccccc21.